The zero-order valence-corrected chi connectivity index (χ0v) is 20.8. The van der Waals surface area contributed by atoms with E-state index < -0.39 is 48.6 Å². The summed E-state index contributed by atoms with van der Waals surface area (Å²) in [4.78, 5) is 49.1. The molecule has 1 aliphatic rings. The highest BCUT2D eigenvalue weighted by Gasteiger charge is 2.37. The van der Waals surface area contributed by atoms with Gasteiger partial charge in [0.1, 0.15) is 18.0 Å². The largest absolute Gasteiger partial charge is 0.497 e. The molecule has 1 aliphatic carbocycles. The van der Waals surface area contributed by atoms with Crippen molar-refractivity contribution in [3.8, 4) is 5.75 Å². The Bertz CT molecular complexity index is 1170. The number of ether oxygens (including phenoxy) is 2. The summed E-state index contributed by atoms with van der Waals surface area (Å²) >= 11 is 3.31. The molecule has 0 aliphatic heterocycles. The van der Waals surface area contributed by atoms with E-state index >= 15 is 0 Å². The van der Waals surface area contributed by atoms with Crippen molar-refractivity contribution in [2.75, 3.05) is 19.0 Å². The van der Waals surface area contributed by atoms with Crippen molar-refractivity contribution in [1.82, 2.24) is 10.6 Å². The Morgan fingerprint density at radius 1 is 1.11 bits per heavy atom. The third-order valence-electron chi connectivity index (χ3n) is 5.26. The van der Waals surface area contributed by atoms with Gasteiger partial charge in [-0.25, -0.2) is 4.79 Å². The number of amides is 4. The second kappa shape index (κ2) is 12.2. The molecule has 11 nitrogen and oxygen atoms in total. The average Bonchev–Trinajstić information content (AvgIpc) is 2.85. The smallest absolute Gasteiger partial charge is 0.411 e. The van der Waals surface area contributed by atoms with Crippen LogP contribution in [0.15, 0.2) is 64.7 Å². The number of primary amides is 1. The number of para-hydroxylation sites is 1. The highest BCUT2D eigenvalue weighted by molar-refractivity contribution is 9.10. The van der Waals surface area contributed by atoms with Gasteiger partial charge < -0.3 is 30.9 Å². The number of methoxy groups -OCH3 is 1. The van der Waals surface area contributed by atoms with Gasteiger partial charge in [-0.3, -0.25) is 19.7 Å². The van der Waals surface area contributed by atoms with Crippen LogP contribution in [0.2, 0.25) is 0 Å². The maximum Gasteiger partial charge on any atom is 0.411 e. The number of aliphatic hydroxyl groups is 1. The lowest BCUT2D eigenvalue weighted by Gasteiger charge is -2.33. The molecule has 3 rings (SSSR count). The number of rotatable bonds is 8. The number of aliphatic hydroxyl groups excluding tert-OH is 1. The minimum absolute atomic E-state index is 0.0917. The molecule has 2 aromatic carbocycles. The zero-order chi connectivity index (χ0) is 26.2. The van der Waals surface area contributed by atoms with Gasteiger partial charge in [0.15, 0.2) is 0 Å². The first kappa shape index (κ1) is 26.7. The van der Waals surface area contributed by atoms with Crippen LogP contribution in [-0.2, 0) is 14.3 Å². The SMILES string of the molecule is COc1ccc(Br)c(C(=O)NC2C=C(C(=O)NCC(N)=O)CC(OC(=O)Nc3ccccc3)C2O)c1. The molecule has 190 valence electrons. The molecule has 0 spiro atoms. The summed E-state index contributed by atoms with van der Waals surface area (Å²) in [6.07, 6.45) is -2.24. The first-order valence-corrected chi connectivity index (χ1v) is 11.6. The van der Waals surface area contributed by atoms with Gasteiger partial charge in [0.05, 0.1) is 25.3 Å². The maximum atomic E-state index is 13.0. The lowest BCUT2D eigenvalue weighted by atomic mass is 9.89. The van der Waals surface area contributed by atoms with Crippen molar-refractivity contribution in [2.45, 2.75) is 24.7 Å². The number of carbonyl (C=O) groups excluding carboxylic acids is 4. The summed E-state index contributed by atoms with van der Waals surface area (Å²) in [7, 11) is 1.46. The summed E-state index contributed by atoms with van der Waals surface area (Å²) in [5.74, 6) is -1.54. The Morgan fingerprint density at radius 2 is 1.83 bits per heavy atom. The van der Waals surface area contributed by atoms with Crippen LogP contribution in [-0.4, -0.2) is 60.8 Å². The number of hydrogen-bond donors (Lipinski definition) is 5. The molecule has 4 amide bonds. The zero-order valence-electron chi connectivity index (χ0n) is 19.2. The van der Waals surface area contributed by atoms with Gasteiger partial charge in [-0.05, 0) is 46.3 Å². The maximum absolute atomic E-state index is 13.0. The molecule has 0 heterocycles. The number of nitrogens with one attached hydrogen (secondary N) is 3. The number of hydrogen-bond acceptors (Lipinski definition) is 7. The molecule has 2 aromatic rings. The summed E-state index contributed by atoms with van der Waals surface area (Å²) in [6.45, 7) is -0.410. The summed E-state index contributed by atoms with van der Waals surface area (Å²) in [5, 5.41) is 18.5. The van der Waals surface area contributed by atoms with Gasteiger partial charge in [-0.1, -0.05) is 24.3 Å². The number of nitrogens with two attached hydrogens (primary N) is 1. The fraction of sp³-hybridized carbons (Fsp3) is 0.250. The van der Waals surface area contributed by atoms with E-state index in [1.165, 1.54) is 19.3 Å². The first-order chi connectivity index (χ1) is 17.2. The molecule has 36 heavy (non-hydrogen) atoms. The van der Waals surface area contributed by atoms with Crippen molar-refractivity contribution in [3.63, 3.8) is 0 Å². The number of carbonyl (C=O) groups is 4. The Hall–Kier alpha value is -3.90. The molecule has 3 atom stereocenters. The quantitative estimate of drug-likeness (QED) is 0.325. The molecule has 0 saturated heterocycles. The van der Waals surface area contributed by atoms with Crippen LogP contribution in [0.25, 0.3) is 0 Å². The third-order valence-corrected chi connectivity index (χ3v) is 5.95. The standard InChI is InChI=1S/C24H25BrN4O7/c1-35-15-7-8-17(25)16(11-15)23(33)29-18-9-13(22(32)27-12-20(26)30)10-19(21(18)31)36-24(34)28-14-5-3-2-4-6-14/h2-9,11,18-19,21,31H,10,12H2,1H3,(H2,26,30)(H,27,32)(H,28,34)(H,29,33). The minimum Gasteiger partial charge on any atom is -0.497 e. The number of halogens is 1. The van der Waals surface area contributed by atoms with Crippen molar-refractivity contribution in [1.29, 1.82) is 0 Å². The Morgan fingerprint density at radius 3 is 2.50 bits per heavy atom. The van der Waals surface area contributed by atoms with Gasteiger partial charge in [-0.2, -0.15) is 0 Å². The van der Waals surface area contributed by atoms with Crippen LogP contribution in [0.5, 0.6) is 5.75 Å². The summed E-state index contributed by atoms with van der Waals surface area (Å²) in [5.41, 5.74) is 5.87. The molecule has 3 unspecified atom stereocenters. The number of benzene rings is 2. The first-order valence-electron chi connectivity index (χ1n) is 10.8. The minimum atomic E-state index is -1.38. The lowest BCUT2D eigenvalue weighted by molar-refractivity contribution is -0.123. The predicted molar refractivity (Wildman–Crippen MR) is 133 cm³/mol. The van der Waals surface area contributed by atoms with E-state index in [1.807, 2.05) is 0 Å². The van der Waals surface area contributed by atoms with Crippen LogP contribution in [0, 0.1) is 0 Å². The third kappa shape index (κ3) is 7.06. The molecular formula is C24H25BrN4O7. The lowest BCUT2D eigenvalue weighted by Crippen LogP contribution is -2.52. The van der Waals surface area contributed by atoms with Crippen molar-refractivity contribution >= 4 is 45.4 Å². The van der Waals surface area contributed by atoms with E-state index in [1.54, 1.807) is 42.5 Å². The normalized spacial score (nSPS) is 18.9. The molecule has 0 bridgehead atoms. The van der Waals surface area contributed by atoms with E-state index in [-0.39, 0.29) is 17.6 Å². The molecule has 0 radical (unpaired) electrons. The topological polar surface area (TPSA) is 169 Å². The molecular weight excluding hydrogens is 536 g/mol. The second-order valence-electron chi connectivity index (χ2n) is 7.82. The van der Waals surface area contributed by atoms with Gasteiger partial charge in [-0.15, -0.1) is 0 Å². The number of anilines is 1. The Labute approximate surface area is 215 Å². The van der Waals surface area contributed by atoms with Crippen LogP contribution < -0.4 is 26.4 Å². The Kier molecular flexibility index (Phi) is 9.03. The van der Waals surface area contributed by atoms with Gasteiger partial charge in [0, 0.05) is 22.2 Å². The molecule has 0 fully saturated rings. The molecule has 0 saturated carbocycles. The van der Waals surface area contributed by atoms with Crippen molar-refractivity contribution in [3.05, 3.63) is 70.2 Å². The molecule has 12 heteroatoms. The van der Waals surface area contributed by atoms with E-state index in [9.17, 15) is 24.3 Å². The predicted octanol–water partition coefficient (Wildman–Crippen LogP) is 1.47. The van der Waals surface area contributed by atoms with Gasteiger partial charge in [0.25, 0.3) is 5.91 Å². The van der Waals surface area contributed by atoms with Gasteiger partial charge in [0.2, 0.25) is 11.8 Å². The fourth-order valence-electron chi connectivity index (χ4n) is 3.48. The second-order valence-corrected chi connectivity index (χ2v) is 8.67. The van der Waals surface area contributed by atoms with E-state index in [4.69, 9.17) is 15.2 Å². The van der Waals surface area contributed by atoms with E-state index in [0.717, 1.165) is 0 Å². The van der Waals surface area contributed by atoms with Crippen LogP contribution in [0.1, 0.15) is 16.8 Å². The summed E-state index contributed by atoms with van der Waals surface area (Å²) in [6, 6.07) is 12.2. The van der Waals surface area contributed by atoms with E-state index in [0.29, 0.717) is 15.9 Å². The Balaban J connectivity index is 1.81. The van der Waals surface area contributed by atoms with Crippen LogP contribution in [0.4, 0.5) is 10.5 Å². The van der Waals surface area contributed by atoms with Crippen LogP contribution in [0.3, 0.4) is 0 Å². The van der Waals surface area contributed by atoms with Gasteiger partial charge >= 0.3 is 6.09 Å². The van der Waals surface area contributed by atoms with Crippen LogP contribution >= 0.6 is 15.9 Å². The van der Waals surface area contributed by atoms with E-state index in [2.05, 4.69) is 31.9 Å². The van der Waals surface area contributed by atoms with Crippen molar-refractivity contribution in [2.24, 2.45) is 5.73 Å². The monoisotopic (exact) mass is 560 g/mol. The summed E-state index contributed by atoms with van der Waals surface area (Å²) < 4.78 is 11.0. The average molecular weight is 561 g/mol. The molecule has 6 N–H and O–H groups in total. The highest BCUT2D eigenvalue weighted by atomic mass is 79.9. The van der Waals surface area contributed by atoms with Crippen molar-refractivity contribution < 1.29 is 33.8 Å². The molecule has 0 aromatic heterocycles. The highest BCUT2D eigenvalue weighted by Crippen LogP contribution is 2.26. The fourth-order valence-corrected chi connectivity index (χ4v) is 3.91.